The lowest BCUT2D eigenvalue weighted by Crippen LogP contribution is -2.14. The fourth-order valence-corrected chi connectivity index (χ4v) is 2.59. The summed E-state index contributed by atoms with van der Waals surface area (Å²) in [7, 11) is 1.83. The van der Waals surface area contributed by atoms with Crippen LogP contribution in [0.3, 0.4) is 0 Å². The maximum absolute atomic E-state index is 12.5. The van der Waals surface area contributed by atoms with Crippen molar-refractivity contribution in [3.8, 4) is 11.4 Å². The van der Waals surface area contributed by atoms with Crippen LogP contribution in [-0.2, 0) is 7.05 Å². The number of hydrogen-bond acceptors (Lipinski definition) is 4. The topological polar surface area (TPSA) is 72.7 Å². The largest absolute Gasteiger partial charge is 0.322 e. The first-order valence-electron chi connectivity index (χ1n) is 7.67. The van der Waals surface area contributed by atoms with Crippen molar-refractivity contribution in [2.45, 2.75) is 20.8 Å². The van der Waals surface area contributed by atoms with Gasteiger partial charge in [0.1, 0.15) is 0 Å². The highest BCUT2D eigenvalue weighted by Crippen LogP contribution is 2.19. The first-order valence-corrected chi connectivity index (χ1v) is 7.67. The molecule has 0 aliphatic carbocycles. The highest BCUT2D eigenvalue weighted by atomic mass is 16.1. The van der Waals surface area contributed by atoms with Gasteiger partial charge in [0, 0.05) is 35.9 Å². The highest BCUT2D eigenvalue weighted by Gasteiger charge is 2.17. The van der Waals surface area contributed by atoms with Crippen LogP contribution in [0, 0.1) is 20.8 Å². The molecule has 0 saturated heterocycles. The van der Waals surface area contributed by atoms with Crippen LogP contribution in [0.15, 0.2) is 36.5 Å². The van der Waals surface area contributed by atoms with Gasteiger partial charge in [-0.15, -0.1) is 0 Å². The highest BCUT2D eigenvalue weighted by molar-refractivity contribution is 6.05. The number of nitrogens with zero attached hydrogens (tertiary/aromatic N) is 4. The van der Waals surface area contributed by atoms with Crippen molar-refractivity contribution in [2.75, 3.05) is 5.32 Å². The van der Waals surface area contributed by atoms with E-state index < -0.39 is 0 Å². The fraction of sp³-hybridized carbons (Fsp3) is 0.222. The summed E-state index contributed by atoms with van der Waals surface area (Å²) < 4.78 is 1.71. The van der Waals surface area contributed by atoms with Crippen molar-refractivity contribution in [1.82, 2.24) is 19.7 Å². The summed E-state index contributed by atoms with van der Waals surface area (Å²) in [5, 5.41) is 7.18. The molecular weight excluding hydrogens is 302 g/mol. The predicted octanol–water partition coefficient (Wildman–Crippen LogP) is 3.05. The van der Waals surface area contributed by atoms with Crippen LogP contribution in [-0.4, -0.2) is 25.7 Å². The fourth-order valence-electron chi connectivity index (χ4n) is 2.59. The third-order valence-corrected chi connectivity index (χ3v) is 3.93. The molecule has 1 N–H and O–H groups in total. The summed E-state index contributed by atoms with van der Waals surface area (Å²) in [5.41, 5.74) is 4.72. The molecule has 0 unspecified atom stereocenters. The van der Waals surface area contributed by atoms with Gasteiger partial charge in [0.2, 0.25) is 0 Å². The number of anilines is 1. The monoisotopic (exact) mass is 321 g/mol. The Balaban J connectivity index is 1.80. The van der Waals surface area contributed by atoms with Crippen LogP contribution in [0.25, 0.3) is 11.4 Å². The van der Waals surface area contributed by atoms with E-state index in [0.29, 0.717) is 11.4 Å². The molecule has 0 radical (unpaired) electrons. The summed E-state index contributed by atoms with van der Waals surface area (Å²) in [6, 6.07) is 9.34. The summed E-state index contributed by atoms with van der Waals surface area (Å²) >= 11 is 0. The van der Waals surface area contributed by atoms with Gasteiger partial charge in [-0.3, -0.25) is 9.48 Å². The zero-order chi connectivity index (χ0) is 17.3. The van der Waals surface area contributed by atoms with E-state index in [1.54, 1.807) is 10.9 Å². The van der Waals surface area contributed by atoms with Gasteiger partial charge in [0.15, 0.2) is 5.82 Å². The Morgan fingerprint density at radius 3 is 2.38 bits per heavy atom. The Morgan fingerprint density at radius 2 is 1.79 bits per heavy atom. The van der Waals surface area contributed by atoms with E-state index in [9.17, 15) is 4.79 Å². The van der Waals surface area contributed by atoms with E-state index in [4.69, 9.17) is 0 Å². The van der Waals surface area contributed by atoms with E-state index in [0.717, 1.165) is 28.3 Å². The number of nitrogens with one attached hydrogen (secondary N) is 1. The molecule has 6 nitrogen and oxygen atoms in total. The maximum atomic E-state index is 12.5. The Kier molecular flexibility index (Phi) is 4.12. The lowest BCUT2D eigenvalue weighted by Gasteiger charge is -2.07. The van der Waals surface area contributed by atoms with Crippen molar-refractivity contribution in [3.05, 3.63) is 59.2 Å². The first kappa shape index (κ1) is 15.9. The number of hydrogen-bond donors (Lipinski definition) is 1. The minimum Gasteiger partial charge on any atom is -0.322 e. The molecule has 24 heavy (non-hydrogen) atoms. The molecule has 3 aromatic rings. The van der Waals surface area contributed by atoms with E-state index in [1.807, 2.05) is 58.2 Å². The average molecular weight is 321 g/mol. The van der Waals surface area contributed by atoms with Crippen LogP contribution in [0.5, 0.6) is 0 Å². The molecule has 0 aliphatic heterocycles. The molecule has 6 heteroatoms. The van der Waals surface area contributed by atoms with Gasteiger partial charge in [-0.25, -0.2) is 9.97 Å². The van der Waals surface area contributed by atoms with Gasteiger partial charge in [0.05, 0.1) is 11.3 Å². The van der Waals surface area contributed by atoms with Crippen molar-refractivity contribution in [3.63, 3.8) is 0 Å². The van der Waals surface area contributed by atoms with Gasteiger partial charge in [-0.2, -0.15) is 5.10 Å². The predicted molar refractivity (Wildman–Crippen MR) is 92.8 cm³/mol. The molecule has 0 fully saturated rings. The Morgan fingerprint density at radius 1 is 1.08 bits per heavy atom. The Hall–Kier alpha value is -3.02. The second kappa shape index (κ2) is 6.23. The average Bonchev–Trinajstić information content (AvgIpc) is 2.80. The van der Waals surface area contributed by atoms with E-state index >= 15 is 0 Å². The smallest absolute Gasteiger partial charge is 0.259 e. The lowest BCUT2D eigenvalue weighted by atomic mass is 10.1. The summed E-state index contributed by atoms with van der Waals surface area (Å²) in [4.78, 5) is 21.1. The maximum Gasteiger partial charge on any atom is 0.259 e. The van der Waals surface area contributed by atoms with Crippen LogP contribution >= 0.6 is 0 Å². The van der Waals surface area contributed by atoms with Crippen LogP contribution in [0.4, 0.5) is 5.69 Å². The van der Waals surface area contributed by atoms with E-state index in [1.165, 1.54) is 0 Å². The van der Waals surface area contributed by atoms with E-state index in [-0.39, 0.29) is 5.91 Å². The van der Waals surface area contributed by atoms with Crippen molar-refractivity contribution >= 4 is 11.6 Å². The number of benzene rings is 1. The molecule has 1 aromatic carbocycles. The lowest BCUT2D eigenvalue weighted by molar-refractivity contribution is 0.102. The number of carbonyl (C=O) groups excluding carboxylic acids is 1. The minimum absolute atomic E-state index is 0.155. The molecule has 122 valence electrons. The van der Waals surface area contributed by atoms with Gasteiger partial charge in [-0.05, 0) is 51.1 Å². The second-order valence-corrected chi connectivity index (χ2v) is 5.72. The zero-order valence-electron chi connectivity index (χ0n) is 14.2. The normalized spacial score (nSPS) is 10.7. The third-order valence-electron chi connectivity index (χ3n) is 3.93. The first-order chi connectivity index (χ1) is 11.5. The van der Waals surface area contributed by atoms with Gasteiger partial charge < -0.3 is 5.32 Å². The molecule has 3 rings (SSSR count). The second-order valence-electron chi connectivity index (χ2n) is 5.72. The summed E-state index contributed by atoms with van der Waals surface area (Å²) in [6.45, 7) is 5.64. The van der Waals surface area contributed by atoms with Crippen molar-refractivity contribution in [1.29, 1.82) is 0 Å². The minimum atomic E-state index is -0.155. The number of aromatic nitrogens is 4. The Bertz CT molecular complexity index is 896. The molecule has 0 saturated carbocycles. The molecule has 0 atom stereocenters. The quantitative estimate of drug-likeness (QED) is 0.804. The number of carbonyl (C=O) groups is 1. The van der Waals surface area contributed by atoms with Gasteiger partial charge in [0.25, 0.3) is 5.91 Å². The van der Waals surface area contributed by atoms with Crippen molar-refractivity contribution < 1.29 is 4.79 Å². The van der Waals surface area contributed by atoms with E-state index in [2.05, 4.69) is 20.4 Å². The number of rotatable bonds is 3. The number of aryl methyl sites for hydroxylation is 3. The summed E-state index contributed by atoms with van der Waals surface area (Å²) in [5.74, 6) is 0.518. The van der Waals surface area contributed by atoms with Gasteiger partial charge in [-0.1, -0.05) is 0 Å². The molecule has 0 bridgehead atoms. The molecule has 0 spiro atoms. The van der Waals surface area contributed by atoms with Crippen LogP contribution < -0.4 is 5.32 Å². The molecule has 1 amide bonds. The van der Waals surface area contributed by atoms with Gasteiger partial charge >= 0.3 is 0 Å². The molecule has 0 aliphatic rings. The number of amides is 1. The third kappa shape index (κ3) is 3.03. The Labute approximate surface area is 140 Å². The van der Waals surface area contributed by atoms with Crippen molar-refractivity contribution in [2.24, 2.45) is 7.05 Å². The molecular formula is C18H19N5O. The molecule has 2 heterocycles. The summed E-state index contributed by atoms with van der Waals surface area (Å²) in [6.07, 6.45) is 1.74. The van der Waals surface area contributed by atoms with Crippen LogP contribution in [0.2, 0.25) is 0 Å². The molecule has 2 aromatic heterocycles. The SMILES string of the molecule is Cc1ccnc(-c2ccc(NC(=O)c3c(C)nn(C)c3C)cc2)n1. The zero-order valence-corrected chi connectivity index (χ0v) is 14.2. The standard InChI is InChI=1S/C18H19N5O/c1-11-9-10-19-17(20-11)14-5-7-15(8-6-14)21-18(24)16-12(2)22-23(4)13(16)3/h5-10H,1-4H3,(H,21,24). The van der Waals surface area contributed by atoms with Crippen LogP contribution in [0.1, 0.15) is 27.4 Å².